The predicted molar refractivity (Wildman–Crippen MR) is 100 cm³/mol. The van der Waals surface area contributed by atoms with Crippen molar-refractivity contribution in [1.82, 2.24) is 5.32 Å². The smallest absolute Gasteiger partial charge is 0.110 e. The number of terminal acetylenes is 1. The zero-order valence-electron chi connectivity index (χ0n) is 11.8. The Bertz CT molecular complexity index is 651. The van der Waals surface area contributed by atoms with E-state index in [0.717, 1.165) is 16.0 Å². The minimum absolute atomic E-state index is 0.445. The van der Waals surface area contributed by atoms with E-state index in [4.69, 9.17) is 18.6 Å². The number of nitrogens with one attached hydrogen (secondary N) is 1. The lowest BCUT2D eigenvalue weighted by atomic mass is 10.1. The van der Waals surface area contributed by atoms with Crippen LogP contribution in [0.1, 0.15) is 13.3 Å². The van der Waals surface area contributed by atoms with Crippen LogP contribution in [0.25, 0.3) is 11.1 Å². The van der Waals surface area contributed by atoms with Crippen LogP contribution in [0.15, 0.2) is 34.5 Å². The lowest BCUT2D eigenvalue weighted by Gasteiger charge is -2.11. The van der Waals surface area contributed by atoms with Crippen molar-refractivity contribution in [2.45, 2.75) is 23.6 Å². The van der Waals surface area contributed by atoms with Gasteiger partial charge in [0.05, 0.1) is 10.8 Å². The van der Waals surface area contributed by atoms with Crippen LogP contribution in [-0.4, -0.2) is 18.3 Å². The molecule has 1 N–H and O–H groups in total. The quantitative estimate of drug-likeness (QED) is 0.315. The molecule has 1 unspecified atom stereocenters. The van der Waals surface area contributed by atoms with Crippen LogP contribution in [0, 0.1) is 16.2 Å². The van der Waals surface area contributed by atoms with Gasteiger partial charge < -0.3 is 5.32 Å². The molecule has 2 aromatic rings. The third-order valence-corrected chi connectivity index (χ3v) is 7.64. The van der Waals surface area contributed by atoms with Crippen molar-refractivity contribution in [3.63, 3.8) is 0 Å². The maximum atomic E-state index is 5.50. The van der Waals surface area contributed by atoms with Gasteiger partial charge in [0.2, 0.25) is 0 Å². The second-order valence-corrected chi connectivity index (χ2v) is 8.79. The number of benzene rings is 1. The zero-order valence-corrected chi connectivity index (χ0v) is 15.1. The Kier molecular flexibility index (Phi) is 6.94. The predicted octanol–water partition coefficient (Wildman–Crippen LogP) is 5.30. The normalized spacial score (nSPS) is 12.0. The summed E-state index contributed by atoms with van der Waals surface area (Å²) >= 11 is 7.39. The highest BCUT2D eigenvalue weighted by atomic mass is 32.9. The van der Waals surface area contributed by atoms with E-state index in [1.165, 1.54) is 15.3 Å². The van der Waals surface area contributed by atoms with Gasteiger partial charge >= 0.3 is 0 Å². The fraction of sp³-hybridized carbons (Fsp3) is 0.312. The topological polar surface area (TPSA) is 12.0 Å². The monoisotopic (exact) mass is 351 g/mol. The van der Waals surface area contributed by atoms with Gasteiger partial charge in [0.1, 0.15) is 3.82 Å². The third-order valence-electron chi connectivity index (χ3n) is 3.00. The van der Waals surface area contributed by atoms with E-state index in [1.54, 1.807) is 20.7 Å². The lowest BCUT2D eigenvalue weighted by molar-refractivity contribution is 0.576. The molecule has 1 aromatic heterocycles. The van der Waals surface area contributed by atoms with Crippen molar-refractivity contribution in [3.8, 4) is 23.5 Å². The Morgan fingerprint density at radius 2 is 2.10 bits per heavy atom. The molecule has 0 aliphatic carbocycles. The van der Waals surface area contributed by atoms with Gasteiger partial charge in [-0.3, -0.25) is 0 Å². The Hall–Kier alpha value is -0.640. The van der Waals surface area contributed by atoms with Crippen molar-refractivity contribution in [3.05, 3.63) is 34.2 Å². The summed E-state index contributed by atoms with van der Waals surface area (Å²) in [5.74, 6) is 3.68. The molecule has 1 heterocycles. The van der Waals surface area contributed by atoms with E-state index >= 15 is 0 Å². The Balaban J connectivity index is 1.99. The van der Waals surface area contributed by atoms with Crippen molar-refractivity contribution in [2.24, 2.45) is 0 Å². The molecule has 0 aliphatic rings. The Morgan fingerprint density at radius 1 is 1.33 bits per heavy atom. The van der Waals surface area contributed by atoms with Gasteiger partial charge in [-0.2, -0.15) is 0 Å². The molecule has 110 valence electrons. The summed E-state index contributed by atoms with van der Waals surface area (Å²) in [7, 11) is 3.48. The molecule has 0 spiro atoms. The number of thioether (sulfide) groups is 1. The molecule has 0 fully saturated rings. The van der Waals surface area contributed by atoms with Gasteiger partial charge in [-0.1, -0.05) is 69.2 Å². The number of hydrogen-bond donors (Lipinski definition) is 1. The molecule has 0 amide bonds. The standard InChI is InChI=1S/C16H17NS4/c1-3-10-17-12(2)9-11-19-16-14(15(18)20-21-16)13-7-5-4-6-8-13/h1,4-8,12,17H,9-11H2,2H3. The maximum absolute atomic E-state index is 5.50. The number of rotatable bonds is 7. The fourth-order valence-corrected chi connectivity index (χ4v) is 6.54. The molecular formula is C16H17NS4. The highest BCUT2D eigenvalue weighted by Gasteiger charge is 2.11. The van der Waals surface area contributed by atoms with E-state index in [2.05, 4.69) is 42.4 Å². The Labute approximate surface area is 143 Å². The van der Waals surface area contributed by atoms with Gasteiger partial charge in [0.25, 0.3) is 0 Å². The highest BCUT2D eigenvalue weighted by Crippen LogP contribution is 2.40. The fourth-order valence-electron chi connectivity index (χ4n) is 1.84. The molecule has 1 aromatic carbocycles. The lowest BCUT2D eigenvalue weighted by Crippen LogP contribution is -2.26. The van der Waals surface area contributed by atoms with Crippen LogP contribution >= 0.6 is 44.7 Å². The summed E-state index contributed by atoms with van der Waals surface area (Å²) < 4.78 is 2.33. The van der Waals surface area contributed by atoms with E-state index in [-0.39, 0.29) is 0 Å². The SMILES string of the molecule is C#CCNC(C)CCSc1ssc(=S)c1-c1ccccc1. The van der Waals surface area contributed by atoms with Crippen LogP contribution in [0.4, 0.5) is 0 Å². The van der Waals surface area contributed by atoms with Crippen LogP contribution in [0.2, 0.25) is 0 Å². The molecule has 0 saturated carbocycles. The molecule has 5 heteroatoms. The summed E-state index contributed by atoms with van der Waals surface area (Å²) in [6.45, 7) is 2.81. The average Bonchev–Trinajstić information content (AvgIpc) is 2.87. The summed E-state index contributed by atoms with van der Waals surface area (Å²) in [6, 6.07) is 10.9. The van der Waals surface area contributed by atoms with Gasteiger partial charge in [-0.05, 0) is 18.9 Å². The average molecular weight is 352 g/mol. The zero-order chi connectivity index (χ0) is 15.1. The number of hydrogen-bond acceptors (Lipinski definition) is 5. The minimum atomic E-state index is 0.445. The Morgan fingerprint density at radius 3 is 2.81 bits per heavy atom. The van der Waals surface area contributed by atoms with Gasteiger partial charge in [0, 0.05) is 17.4 Å². The second-order valence-electron chi connectivity index (χ2n) is 4.61. The van der Waals surface area contributed by atoms with Crippen molar-refractivity contribution < 1.29 is 0 Å². The molecule has 0 radical (unpaired) electrons. The van der Waals surface area contributed by atoms with Gasteiger partial charge in [-0.15, -0.1) is 18.2 Å². The molecule has 1 nitrogen and oxygen atoms in total. The largest absolute Gasteiger partial charge is 0.304 e. The summed E-state index contributed by atoms with van der Waals surface area (Å²) in [6.07, 6.45) is 6.35. The maximum Gasteiger partial charge on any atom is 0.110 e. The van der Waals surface area contributed by atoms with Crippen molar-refractivity contribution >= 4 is 44.7 Å². The molecule has 0 bridgehead atoms. The molecule has 2 rings (SSSR count). The second kappa shape index (κ2) is 8.72. The first-order chi connectivity index (χ1) is 10.2. The molecule has 0 saturated heterocycles. The third kappa shape index (κ3) is 4.94. The van der Waals surface area contributed by atoms with Crippen LogP contribution in [-0.2, 0) is 0 Å². The molecule has 0 aliphatic heterocycles. The molecule has 1 atom stereocenters. The first-order valence-corrected chi connectivity index (χ1v) is 10.2. The van der Waals surface area contributed by atoms with Crippen LogP contribution < -0.4 is 5.32 Å². The van der Waals surface area contributed by atoms with Gasteiger partial charge in [0.15, 0.2) is 0 Å². The summed E-state index contributed by atoms with van der Waals surface area (Å²) in [5.41, 5.74) is 2.45. The van der Waals surface area contributed by atoms with E-state index in [1.807, 2.05) is 17.8 Å². The first-order valence-electron chi connectivity index (χ1n) is 6.70. The summed E-state index contributed by atoms with van der Waals surface area (Å²) in [4.78, 5) is 0. The minimum Gasteiger partial charge on any atom is -0.304 e. The van der Waals surface area contributed by atoms with Crippen LogP contribution in [0.3, 0.4) is 0 Å². The highest BCUT2D eigenvalue weighted by molar-refractivity contribution is 8.03. The first kappa shape index (κ1) is 16.7. The van der Waals surface area contributed by atoms with E-state index < -0.39 is 0 Å². The van der Waals surface area contributed by atoms with Crippen molar-refractivity contribution in [1.29, 1.82) is 0 Å². The molecule has 21 heavy (non-hydrogen) atoms. The van der Waals surface area contributed by atoms with Crippen molar-refractivity contribution in [2.75, 3.05) is 12.3 Å². The van der Waals surface area contributed by atoms with Crippen LogP contribution in [0.5, 0.6) is 0 Å². The molecular weight excluding hydrogens is 334 g/mol. The van der Waals surface area contributed by atoms with Gasteiger partial charge in [-0.25, -0.2) is 0 Å². The van der Waals surface area contributed by atoms with E-state index in [0.29, 0.717) is 12.6 Å². The van der Waals surface area contributed by atoms with E-state index in [9.17, 15) is 0 Å². The summed E-state index contributed by atoms with van der Waals surface area (Å²) in [5, 5.41) is 3.31.